The van der Waals surface area contributed by atoms with Gasteiger partial charge in [0, 0.05) is 6.54 Å². The third-order valence-corrected chi connectivity index (χ3v) is 4.27. The number of nitrogens with zero attached hydrogens (tertiary/aromatic N) is 2. The van der Waals surface area contributed by atoms with Crippen molar-refractivity contribution < 1.29 is 8.42 Å². The molecule has 0 amide bonds. The molecule has 0 aliphatic rings. The van der Waals surface area contributed by atoms with Gasteiger partial charge in [-0.15, -0.1) is 0 Å². The summed E-state index contributed by atoms with van der Waals surface area (Å²) in [6.07, 6.45) is 0. The van der Waals surface area contributed by atoms with Crippen molar-refractivity contribution in [2.45, 2.75) is 19.1 Å². The molecule has 1 aromatic rings. The molecular formula is C8H12N4O2S2. The number of hydrogen-bond donors (Lipinski definition) is 2. The number of nitrogens with one attached hydrogen (secondary N) is 1. The number of aromatic nitrogens is 1. The lowest BCUT2D eigenvalue weighted by molar-refractivity contribution is 0.587. The van der Waals surface area contributed by atoms with Gasteiger partial charge in [-0.25, -0.2) is 13.6 Å². The Balaban J connectivity index is 2.73. The number of sulfonamides is 1. The Morgan fingerprint density at radius 3 is 2.81 bits per heavy atom. The van der Waals surface area contributed by atoms with Gasteiger partial charge >= 0.3 is 0 Å². The van der Waals surface area contributed by atoms with Gasteiger partial charge in [-0.1, -0.05) is 0 Å². The predicted octanol–water partition coefficient (Wildman–Crippen LogP) is 0.412. The molecule has 0 aliphatic carbocycles. The molecule has 1 rings (SSSR count). The maximum atomic E-state index is 11.0. The van der Waals surface area contributed by atoms with Crippen molar-refractivity contribution in [1.29, 1.82) is 5.26 Å². The Morgan fingerprint density at radius 1 is 1.69 bits per heavy atom. The van der Waals surface area contributed by atoms with Crippen molar-refractivity contribution in [2.24, 2.45) is 5.14 Å². The van der Waals surface area contributed by atoms with Crippen LogP contribution >= 0.6 is 11.5 Å². The number of rotatable bonds is 4. The predicted molar refractivity (Wildman–Crippen MR) is 62.6 cm³/mol. The molecule has 1 unspecified atom stereocenters. The molecule has 88 valence electrons. The van der Waals surface area contributed by atoms with E-state index < -0.39 is 15.3 Å². The molecule has 0 fully saturated rings. The average molecular weight is 260 g/mol. The highest BCUT2D eigenvalue weighted by Crippen LogP contribution is 2.23. The van der Waals surface area contributed by atoms with Crippen LogP contribution in [0.4, 0.5) is 5.00 Å². The number of anilines is 1. The summed E-state index contributed by atoms with van der Waals surface area (Å²) in [6.45, 7) is 3.39. The van der Waals surface area contributed by atoms with Crippen LogP contribution in [0.1, 0.15) is 18.2 Å². The van der Waals surface area contributed by atoms with E-state index in [4.69, 9.17) is 10.4 Å². The molecule has 0 saturated carbocycles. The Hall–Kier alpha value is -1.17. The van der Waals surface area contributed by atoms with Crippen LogP contribution in [0.2, 0.25) is 0 Å². The SMILES string of the molecule is Cc1nsc(NCC(C)S(N)(=O)=O)c1C#N. The quantitative estimate of drug-likeness (QED) is 0.815. The van der Waals surface area contributed by atoms with E-state index in [0.29, 0.717) is 16.3 Å². The first-order chi connectivity index (χ1) is 7.36. The summed E-state index contributed by atoms with van der Waals surface area (Å²) in [7, 11) is -3.55. The summed E-state index contributed by atoms with van der Waals surface area (Å²) in [5.74, 6) is 0. The van der Waals surface area contributed by atoms with Gasteiger partial charge in [0.2, 0.25) is 10.0 Å². The lowest BCUT2D eigenvalue weighted by atomic mass is 10.3. The van der Waals surface area contributed by atoms with Crippen molar-refractivity contribution >= 4 is 26.6 Å². The zero-order chi connectivity index (χ0) is 12.3. The summed E-state index contributed by atoms with van der Waals surface area (Å²) in [5.41, 5.74) is 1.09. The first-order valence-corrected chi connectivity index (χ1v) is 6.86. The van der Waals surface area contributed by atoms with Crippen LogP contribution in [0.5, 0.6) is 0 Å². The Morgan fingerprint density at radius 2 is 2.31 bits per heavy atom. The molecule has 16 heavy (non-hydrogen) atoms. The Kier molecular flexibility index (Phi) is 3.85. The third-order valence-electron chi connectivity index (χ3n) is 2.09. The molecule has 6 nitrogen and oxygen atoms in total. The van der Waals surface area contributed by atoms with Crippen LogP contribution in [0.15, 0.2) is 0 Å². The van der Waals surface area contributed by atoms with Crippen LogP contribution in [0.3, 0.4) is 0 Å². The monoisotopic (exact) mass is 260 g/mol. The van der Waals surface area contributed by atoms with Crippen LogP contribution in [0, 0.1) is 18.3 Å². The summed E-state index contributed by atoms with van der Waals surface area (Å²) >= 11 is 1.13. The minimum Gasteiger partial charge on any atom is -0.373 e. The molecule has 1 heterocycles. The topological polar surface area (TPSA) is 109 Å². The normalized spacial score (nSPS) is 13.1. The van der Waals surface area contributed by atoms with Crippen molar-refractivity contribution in [3.8, 4) is 6.07 Å². The van der Waals surface area contributed by atoms with E-state index in [2.05, 4.69) is 9.69 Å². The van der Waals surface area contributed by atoms with Crippen LogP contribution in [-0.4, -0.2) is 24.6 Å². The standard InChI is InChI=1S/C8H12N4O2S2/c1-5(16(10,13)14)4-11-8-7(3-9)6(2)12-15-8/h5,11H,4H2,1-2H3,(H2,10,13,14). The minimum atomic E-state index is -3.55. The lowest BCUT2D eigenvalue weighted by Gasteiger charge is -2.09. The molecular weight excluding hydrogens is 248 g/mol. The van der Waals surface area contributed by atoms with E-state index in [-0.39, 0.29) is 6.54 Å². The van der Waals surface area contributed by atoms with Crippen molar-refractivity contribution in [1.82, 2.24) is 4.37 Å². The first-order valence-electron chi connectivity index (χ1n) is 4.48. The summed E-state index contributed by atoms with van der Waals surface area (Å²) < 4.78 is 25.9. The molecule has 0 spiro atoms. The Labute approximate surface area is 98.3 Å². The highest BCUT2D eigenvalue weighted by Gasteiger charge is 2.17. The second-order valence-electron chi connectivity index (χ2n) is 3.36. The van der Waals surface area contributed by atoms with E-state index in [1.165, 1.54) is 6.92 Å². The number of nitrogens with two attached hydrogens (primary N) is 1. The molecule has 0 bridgehead atoms. The van der Waals surface area contributed by atoms with Gasteiger partial charge in [0.1, 0.15) is 16.6 Å². The molecule has 3 N–H and O–H groups in total. The Bertz CT molecular complexity index is 515. The zero-order valence-electron chi connectivity index (χ0n) is 8.89. The van der Waals surface area contributed by atoms with Gasteiger partial charge in [0.25, 0.3) is 0 Å². The number of primary sulfonamides is 1. The minimum absolute atomic E-state index is 0.162. The molecule has 0 radical (unpaired) electrons. The van der Waals surface area contributed by atoms with Crippen LogP contribution in [-0.2, 0) is 10.0 Å². The number of nitriles is 1. The molecule has 8 heteroatoms. The van der Waals surface area contributed by atoms with Crippen molar-refractivity contribution in [3.63, 3.8) is 0 Å². The van der Waals surface area contributed by atoms with Gasteiger partial charge in [-0.2, -0.15) is 9.64 Å². The van der Waals surface area contributed by atoms with Gasteiger partial charge < -0.3 is 5.32 Å². The average Bonchev–Trinajstić information content (AvgIpc) is 2.54. The van der Waals surface area contributed by atoms with Gasteiger partial charge in [0.15, 0.2) is 0 Å². The van der Waals surface area contributed by atoms with E-state index in [1.807, 2.05) is 6.07 Å². The fourth-order valence-electron chi connectivity index (χ4n) is 0.975. The third kappa shape index (κ3) is 2.91. The molecule has 1 aromatic heterocycles. The first kappa shape index (κ1) is 12.9. The second-order valence-corrected chi connectivity index (χ2v) is 6.12. The summed E-state index contributed by atoms with van der Waals surface area (Å²) in [6, 6.07) is 2.01. The van der Waals surface area contributed by atoms with Crippen molar-refractivity contribution in [3.05, 3.63) is 11.3 Å². The second kappa shape index (κ2) is 4.78. The molecule has 1 atom stereocenters. The van der Waals surface area contributed by atoms with Crippen molar-refractivity contribution in [2.75, 3.05) is 11.9 Å². The zero-order valence-corrected chi connectivity index (χ0v) is 10.5. The van der Waals surface area contributed by atoms with E-state index >= 15 is 0 Å². The van der Waals surface area contributed by atoms with Gasteiger partial charge in [-0.3, -0.25) is 0 Å². The van der Waals surface area contributed by atoms with Crippen LogP contribution in [0.25, 0.3) is 0 Å². The highest BCUT2D eigenvalue weighted by molar-refractivity contribution is 7.89. The van der Waals surface area contributed by atoms with Gasteiger partial charge in [-0.05, 0) is 25.4 Å². The van der Waals surface area contributed by atoms with E-state index in [0.717, 1.165) is 11.5 Å². The van der Waals surface area contributed by atoms with E-state index in [9.17, 15) is 8.42 Å². The molecule has 0 saturated heterocycles. The summed E-state index contributed by atoms with van der Waals surface area (Å²) in [4.78, 5) is 0. The van der Waals surface area contributed by atoms with E-state index in [1.54, 1.807) is 6.92 Å². The maximum absolute atomic E-state index is 11.0. The summed E-state index contributed by atoms with van der Waals surface area (Å²) in [5, 5.41) is 16.6. The lowest BCUT2D eigenvalue weighted by Crippen LogP contribution is -2.31. The largest absolute Gasteiger partial charge is 0.373 e. The molecule has 0 aliphatic heterocycles. The fourth-order valence-corrected chi connectivity index (χ4v) is 2.04. The molecule has 0 aromatic carbocycles. The highest BCUT2D eigenvalue weighted by atomic mass is 32.2. The van der Waals surface area contributed by atoms with Gasteiger partial charge in [0.05, 0.1) is 10.9 Å². The van der Waals surface area contributed by atoms with Crippen LogP contribution < -0.4 is 10.5 Å². The maximum Gasteiger partial charge on any atom is 0.213 e. The smallest absolute Gasteiger partial charge is 0.213 e. The fraction of sp³-hybridized carbons (Fsp3) is 0.500. The number of aryl methyl sites for hydroxylation is 1. The number of hydrogen-bond acceptors (Lipinski definition) is 6.